The molecular formula is C19H32O3S. The minimum Gasteiger partial charge on any atom is -0.393 e. The van der Waals surface area contributed by atoms with Crippen LogP contribution in [0, 0.1) is 34.5 Å². The SMILES string of the molecule is C[C@@H]1CC2C3C(O)C[C@H]4C[C@@H](O)CC[C@]4(C)C3SC[C@]2(C)[C@H]1O. The maximum absolute atomic E-state index is 11.0. The predicted octanol–water partition coefficient (Wildman–Crippen LogP) is 2.67. The Bertz CT molecular complexity index is 485. The molecular weight excluding hydrogens is 308 g/mol. The topological polar surface area (TPSA) is 60.7 Å². The summed E-state index contributed by atoms with van der Waals surface area (Å²) in [5.74, 6) is 2.56. The van der Waals surface area contributed by atoms with Crippen molar-refractivity contribution < 1.29 is 15.3 Å². The first-order valence-electron chi connectivity index (χ1n) is 9.43. The van der Waals surface area contributed by atoms with Gasteiger partial charge < -0.3 is 15.3 Å². The van der Waals surface area contributed by atoms with Gasteiger partial charge in [-0.15, -0.1) is 0 Å². The Morgan fingerprint density at radius 2 is 1.74 bits per heavy atom. The summed E-state index contributed by atoms with van der Waals surface area (Å²) >= 11 is 2.02. The van der Waals surface area contributed by atoms with E-state index >= 15 is 0 Å². The van der Waals surface area contributed by atoms with Crippen LogP contribution in [0.2, 0.25) is 0 Å². The number of hydrogen-bond acceptors (Lipinski definition) is 4. The second kappa shape index (κ2) is 5.36. The molecule has 0 bridgehead atoms. The van der Waals surface area contributed by atoms with Crippen molar-refractivity contribution in [2.24, 2.45) is 34.5 Å². The average molecular weight is 341 g/mol. The molecule has 10 atom stereocenters. The highest BCUT2D eigenvalue weighted by Crippen LogP contribution is 2.66. The van der Waals surface area contributed by atoms with Crippen molar-refractivity contribution in [3.8, 4) is 0 Å². The zero-order valence-corrected chi connectivity index (χ0v) is 15.4. The number of fused-ring (bicyclic) bond motifs is 5. The summed E-state index contributed by atoms with van der Waals surface area (Å²) in [4.78, 5) is 0. The van der Waals surface area contributed by atoms with Crippen molar-refractivity contribution in [2.75, 3.05) is 5.75 Å². The Balaban J connectivity index is 1.68. The van der Waals surface area contributed by atoms with Crippen LogP contribution >= 0.6 is 11.8 Å². The first kappa shape index (κ1) is 16.7. The summed E-state index contributed by atoms with van der Waals surface area (Å²) in [5.41, 5.74) is 0.204. The fourth-order valence-electron chi connectivity index (χ4n) is 6.73. The molecule has 23 heavy (non-hydrogen) atoms. The number of hydrogen-bond donors (Lipinski definition) is 3. The Labute approximate surface area is 144 Å². The molecule has 0 spiro atoms. The van der Waals surface area contributed by atoms with Gasteiger partial charge in [0.25, 0.3) is 0 Å². The summed E-state index contributed by atoms with van der Waals surface area (Å²) in [5, 5.41) is 32.3. The quantitative estimate of drug-likeness (QED) is 0.634. The van der Waals surface area contributed by atoms with E-state index in [0.717, 1.165) is 37.9 Å². The number of thioether (sulfide) groups is 1. The van der Waals surface area contributed by atoms with Crippen LogP contribution in [-0.2, 0) is 0 Å². The van der Waals surface area contributed by atoms with Gasteiger partial charge in [-0.1, -0.05) is 20.8 Å². The monoisotopic (exact) mass is 340 g/mol. The van der Waals surface area contributed by atoms with Gasteiger partial charge in [0.15, 0.2) is 0 Å². The van der Waals surface area contributed by atoms with Gasteiger partial charge in [-0.05, 0) is 55.3 Å². The molecule has 1 saturated heterocycles. The van der Waals surface area contributed by atoms with Gasteiger partial charge in [-0.3, -0.25) is 0 Å². The molecule has 3 saturated carbocycles. The fraction of sp³-hybridized carbons (Fsp3) is 1.00. The zero-order valence-electron chi connectivity index (χ0n) is 14.6. The van der Waals surface area contributed by atoms with Crippen LogP contribution in [0.4, 0.5) is 0 Å². The van der Waals surface area contributed by atoms with Crippen LogP contribution in [-0.4, -0.2) is 44.6 Å². The molecule has 4 unspecified atom stereocenters. The highest BCUT2D eigenvalue weighted by molar-refractivity contribution is 8.00. The molecule has 0 aromatic carbocycles. The second-order valence-corrected chi connectivity index (χ2v) is 10.6. The largest absolute Gasteiger partial charge is 0.393 e. The Morgan fingerprint density at radius 1 is 1.00 bits per heavy atom. The predicted molar refractivity (Wildman–Crippen MR) is 93.2 cm³/mol. The fourth-order valence-corrected chi connectivity index (χ4v) is 8.94. The summed E-state index contributed by atoms with van der Waals surface area (Å²) in [6.07, 6.45) is 4.08. The van der Waals surface area contributed by atoms with Crippen molar-refractivity contribution in [1.82, 2.24) is 0 Å². The molecule has 1 aliphatic heterocycles. The van der Waals surface area contributed by atoms with Crippen LogP contribution in [0.3, 0.4) is 0 Å². The van der Waals surface area contributed by atoms with Crippen molar-refractivity contribution >= 4 is 11.8 Å². The molecule has 0 aromatic rings. The Kier molecular flexibility index (Phi) is 3.89. The van der Waals surface area contributed by atoms with Gasteiger partial charge in [0.05, 0.1) is 18.3 Å². The van der Waals surface area contributed by atoms with Gasteiger partial charge in [0.1, 0.15) is 0 Å². The third kappa shape index (κ3) is 2.21. The van der Waals surface area contributed by atoms with Crippen LogP contribution in [0.15, 0.2) is 0 Å². The van der Waals surface area contributed by atoms with Crippen molar-refractivity contribution in [3.63, 3.8) is 0 Å². The highest BCUT2D eigenvalue weighted by atomic mass is 32.2. The highest BCUT2D eigenvalue weighted by Gasteiger charge is 2.64. The normalized spacial score (nSPS) is 62.3. The molecule has 3 aliphatic carbocycles. The van der Waals surface area contributed by atoms with E-state index in [2.05, 4.69) is 20.8 Å². The summed E-state index contributed by atoms with van der Waals surface area (Å²) in [6, 6.07) is 0. The molecule has 3 nitrogen and oxygen atoms in total. The summed E-state index contributed by atoms with van der Waals surface area (Å²) < 4.78 is 0. The molecule has 132 valence electrons. The van der Waals surface area contributed by atoms with Gasteiger partial charge >= 0.3 is 0 Å². The molecule has 0 radical (unpaired) electrons. The number of aliphatic hydroxyl groups excluding tert-OH is 3. The minimum absolute atomic E-state index is 0.0381. The third-order valence-electron chi connectivity index (χ3n) is 8.20. The standard InChI is InChI=1S/C19H32O3S/c1-10-6-13-15-14(21)8-11-7-12(20)4-5-18(11,2)17(15)23-9-19(13,3)16(10)22/h10-17,20-22H,4-9H2,1-3H3/t10-,11-,12+,13?,14?,15?,16+,17?,18+,19+/m1/s1. The smallest absolute Gasteiger partial charge is 0.0630 e. The van der Waals surface area contributed by atoms with Gasteiger partial charge in [-0.25, -0.2) is 0 Å². The first-order valence-corrected chi connectivity index (χ1v) is 10.5. The molecule has 4 rings (SSSR count). The lowest BCUT2D eigenvalue weighted by Crippen LogP contribution is -2.61. The number of aliphatic hydroxyl groups is 3. The molecule has 3 N–H and O–H groups in total. The van der Waals surface area contributed by atoms with E-state index in [0.29, 0.717) is 28.9 Å². The van der Waals surface area contributed by atoms with Gasteiger partial charge in [0, 0.05) is 22.3 Å². The van der Waals surface area contributed by atoms with Gasteiger partial charge in [-0.2, -0.15) is 11.8 Å². The zero-order chi connectivity index (χ0) is 16.6. The maximum Gasteiger partial charge on any atom is 0.0630 e. The molecule has 0 aromatic heterocycles. The van der Waals surface area contributed by atoms with E-state index in [-0.39, 0.29) is 29.1 Å². The minimum atomic E-state index is -0.266. The van der Waals surface area contributed by atoms with Crippen LogP contribution in [0.1, 0.15) is 52.9 Å². The first-order chi connectivity index (χ1) is 10.8. The van der Waals surface area contributed by atoms with E-state index in [4.69, 9.17) is 0 Å². The van der Waals surface area contributed by atoms with Crippen molar-refractivity contribution in [3.05, 3.63) is 0 Å². The lowest BCUT2D eigenvalue weighted by Gasteiger charge is -2.61. The van der Waals surface area contributed by atoms with Crippen molar-refractivity contribution in [1.29, 1.82) is 0 Å². The third-order valence-corrected chi connectivity index (χ3v) is 10.2. The number of rotatable bonds is 0. The summed E-state index contributed by atoms with van der Waals surface area (Å²) in [6.45, 7) is 6.84. The maximum atomic E-state index is 11.0. The Morgan fingerprint density at radius 3 is 2.48 bits per heavy atom. The Hall–Kier alpha value is 0.230. The van der Waals surface area contributed by atoms with E-state index < -0.39 is 0 Å². The van der Waals surface area contributed by atoms with E-state index in [1.54, 1.807) is 0 Å². The van der Waals surface area contributed by atoms with Crippen molar-refractivity contribution in [2.45, 2.75) is 76.4 Å². The molecule has 0 amide bonds. The molecule has 4 heteroatoms. The van der Waals surface area contributed by atoms with E-state index in [9.17, 15) is 15.3 Å². The molecule has 4 aliphatic rings. The van der Waals surface area contributed by atoms with Crippen LogP contribution in [0.25, 0.3) is 0 Å². The van der Waals surface area contributed by atoms with Crippen LogP contribution in [0.5, 0.6) is 0 Å². The van der Waals surface area contributed by atoms with Crippen LogP contribution < -0.4 is 0 Å². The van der Waals surface area contributed by atoms with E-state index in [1.807, 2.05) is 11.8 Å². The lowest BCUT2D eigenvalue weighted by molar-refractivity contribution is -0.105. The summed E-state index contributed by atoms with van der Waals surface area (Å²) in [7, 11) is 0. The second-order valence-electron chi connectivity index (χ2n) is 9.51. The molecule has 4 fully saturated rings. The lowest BCUT2D eigenvalue weighted by atomic mass is 9.53. The molecule has 1 heterocycles. The van der Waals surface area contributed by atoms with Gasteiger partial charge in [0.2, 0.25) is 0 Å². The average Bonchev–Trinajstić information content (AvgIpc) is 2.73. The van der Waals surface area contributed by atoms with E-state index in [1.165, 1.54) is 0 Å².